The molecule has 4 rings (SSSR count). The molecule has 1 aliphatic rings. The maximum absolute atomic E-state index is 13.7. The van der Waals surface area contributed by atoms with E-state index in [0.29, 0.717) is 0 Å². The standard InChI is InChI=1S/C25H28N2O3S/c1-16-14-17(2)22(18(3)15-16)27(25(29)20-10-6-12-30-20)23(21-11-7-13-31-21)24(28)26-19-8-4-5-9-19/h6-7,10-15,19,23H,4-5,8-9H2,1-3H3,(H,26,28)/t23-/m1/s1. The van der Waals surface area contributed by atoms with E-state index in [9.17, 15) is 9.59 Å². The third kappa shape index (κ3) is 4.44. The monoisotopic (exact) mass is 436 g/mol. The third-order valence-corrected chi connectivity index (χ3v) is 6.77. The largest absolute Gasteiger partial charge is 0.459 e. The van der Waals surface area contributed by atoms with Crippen molar-refractivity contribution in [2.24, 2.45) is 0 Å². The van der Waals surface area contributed by atoms with Gasteiger partial charge in [0.2, 0.25) is 5.91 Å². The Hall–Kier alpha value is -2.86. The van der Waals surface area contributed by atoms with Crippen molar-refractivity contribution in [1.82, 2.24) is 5.32 Å². The summed E-state index contributed by atoms with van der Waals surface area (Å²) in [6.45, 7) is 6.00. The zero-order valence-corrected chi connectivity index (χ0v) is 19.0. The van der Waals surface area contributed by atoms with Gasteiger partial charge in [-0.2, -0.15) is 0 Å². The van der Waals surface area contributed by atoms with Crippen LogP contribution in [0.2, 0.25) is 0 Å². The first-order valence-electron chi connectivity index (χ1n) is 10.7. The molecule has 3 aromatic rings. The number of carbonyl (C=O) groups is 2. The molecule has 162 valence electrons. The summed E-state index contributed by atoms with van der Waals surface area (Å²) >= 11 is 1.48. The van der Waals surface area contributed by atoms with Crippen LogP contribution in [0.5, 0.6) is 0 Å². The molecule has 2 aromatic heterocycles. The molecule has 6 heteroatoms. The van der Waals surface area contributed by atoms with Crippen molar-refractivity contribution in [2.75, 3.05) is 4.90 Å². The fourth-order valence-electron chi connectivity index (χ4n) is 4.59. The van der Waals surface area contributed by atoms with Gasteiger partial charge in [0.1, 0.15) is 0 Å². The van der Waals surface area contributed by atoms with Crippen molar-refractivity contribution >= 4 is 28.8 Å². The van der Waals surface area contributed by atoms with E-state index in [1.807, 2.05) is 50.4 Å². The molecule has 1 fully saturated rings. The van der Waals surface area contributed by atoms with Crippen LogP contribution in [-0.4, -0.2) is 17.9 Å². The zero-order chi connectivity index (χ0) is 22.0. The average Bonchev–Trinajstić information content (AvgIpc) is 3.48. The lowest BCUT2D eigenvalue weighted by molar-refractivity contribution is -0.123. The van der Waals surface area contributed by atoms with Gasteiger partial charge < -0.3 is 9.73 Å². The maximum atomic E-state index is 13.7. The van der Waals surface area contributed by atoms with Crippen LogP contribution in [0.4, 0.5) is 5.69 Å². The van der Waals surface area contributed by atoms with E-state index in [-0.39, 0.29) is 23.6 Å². The molecule has 2 heterocycles. The highest BCUT2D eigenvalue weighted by atomic mass is 32.1. The summed E-state index contributed by atoms with van der Waals surface area (Å²) in [6, 6.07) is 10.7. The van der Waals surface area contributed by atoms with E-state index in [2.05, 4.69) is 5.32 Å². The minimum atomic E-state index is -0.765. The lowest BCUT2D eigenvalue weighted by Gasteiger charge is -2.33. The van der Waals surface area contributed by atoms with Crippen molar-refractivity contribution in [1.29, 1.82) is 0 Å². The molecule has 1 N–H and O–H groups in total. The van der Waals surface area contributed by atoms with Crippen molar-refractivity contribution < 1.29 is 14.0 Å². The second-order valence-corrected chi connectivity index (χ2v) is 9.29. The van der Waals surface area contributed by atoms with E-state index in [1.54, 1.807) is 17.0 Å². The van der Waals surface area contributed by atoms with E-state index in [4.69, 9.17) is 4.42 Å². The normalized spacial score (nSPS) is 15.1. The van der Waals surface area contributed by atoms with E-state index in [1.165, 1.54) is 17.6 Å². The Morgan fingerprint density at radius 2 is 1.81 bits per heavy atom. The Kier molecular flexibility index (Phi) is 6.28. The van der Waals surface area contributed by atoms with E-state index in [0.717, 1.165) is 52.9 Å². The molecule has 1 saturated carbocycles. The van der Waals surface area contributed by atoms with Crippen LogP contribution in [0, 0.1) is 20.8 Å². The van der Waals surface area contributed by atoms with Gasteiger partial charge in [0.15, 0.2) is 11.8 Å². The number of carbonyl (C=O) groups excluding carboxylic acids is 2. The number of amides is 2. The first-order chi connectivity index (χ1) is 15.0. The van der Waals surface area contributed by atoms with Crippen LogP contribution < -0.4 is 10.2 Å². The molecule has 0 radical (unpaired) electrons. The van der Waals surface area contributed by atoms with E-state index < -0.39 is 6.04 Å². The molecule has 1 aromatic carbocycles. The summed E-state index contributed by atoms with van der Waals surface area (Å²) in [5.74, 6) is -0.247. The highest BCUT2D eigenvalue weighted by Crippen LogP contribution is 2.37. The van der Waals surface area contributed by atoms with Crippen molar-refractivity contribution in [2.45, 2.75) is 58.5 Å². The molecule has 0 unspecified atom stereocenters. The van der Waals surface area contributed by atoms with Gasteiger partial charge in [-0.1, -0.05) is 36.6 Å². The molecule has 31 heavy (non-hydrogen) atoms. The van der Waals surface area contributed by atoms with Crippen LogP contribution in [0.3, 0.4) is 0 Å². The van der Waals surface area contributed by atoms with Gasteiger partial charge in [0.25, 0.3) is 5.91 Å². The van der Waals surface area contributed by atoms with Gasteiger partial charge in [0, 0.05) is 10.9 Å². The van der Waals surface area contributed by atoms with E-state index >= 15 is 0 Å². The van der Waals surface area contributed by atoms with Crippen molar-refractivity contribution in [3.05, 3.63) is 75.4 Å². The smallest absolute Gasteiger partial charge is 0.295 e. The summed E-state index contributed by atoms with van der Waals surface area (Å²) in [7, 11) is 0. The number of thiophene rings is 1. The Bertz CT molecular complexity index is 1030. The second kappa shape index (κ2) is 9.10. The molecular weight excluding hydrogens is 408 g/mol. The number of furan rings is 1. The van der Waals surface area contributed by atoms with Crippen LogP contribution in [0.15, 0.2) is 52.5 Å². The summed E-state index contributed by atoms with van der Waals surface area (Å²) in [5.41, 5.74) is 3.78. The highest BCUT2D eigenvalue weighted by Gasteiger charge is 2.37. The highest BCUT2D eigenvalue weighted by molar-refractivity contribution is 7.10. The number of benzene rings is 1. The first-order valence-corrected chi connectivity index (χ1v) is 11.6. The van der Waals surface area contributed by atoms with Gasteiger partial charge in [-0.3, -0.25) is 14.5 Å². The molecule has 5 nitrogen and oxygen atoms in total. The number of aryl methyl sites for hydroxylation is 3. The molecule has 2 amide bonds. The summed E-state index contributed by atoms with van der Waals surface area (Å²) in [4.78, 5) is 29.8. The summed E-state index contributed by atoms with van der Waals surface area (Å²) in [5, 5.41) is 5.15. The number of nitrogens with zero attached hydrogens (tertiary/aromatic N) is 1. The number of hydrogen-bond acceptors (Lipinski definition) is 4. The Morgan fingerprint density at radius 1 is 1.10 bits per heavy atom. The third-order valence-electron chi connectivity index (χ3n) is 5.85. The summed E-state index contributed by atoms with van der Waals surface area (Å²) < 4.78 is 5.46. The van der Waals surface area contributed by atoms with Crippen molar-refractivity contribution in [3.8, 4) is 0 Å². The van der Waals surface area contributed by atoms with Gasteiger partial charge in [-0.15, -0.1) is 11.3 Å². The van der Waals surface area contributed by atoms with Crippen LogP contribution in [0.25, 0.3) is 0 Å². The second-order valence-electron chi connectivity index (χ2n) is 8.31. The number of nitrogens with one attached hydrogen (secondary N) is 1. The quantitative estimate of drug-likeness (QED) is 0.538. The fourth-order valence-corrected chi connectivity index (χ4v) is 5.40. The Morgan fingerprint density at radius 3 is 2.39 bits per heavy atom. The van der Waals surface area contributed by atoms with Gasteiger partial charge in [-0.25, -0.2) is 0 Å². The Labute approximate surface area is 187 Å². The zero-order valence-electron chi connectivity index (χ0n) is 18.2. The lowest BCUT2D eigenvalue weighted by Crippen LogP contribution is -2.46. The molecule has 1 atom stereocenters. The number of anilines is 1. The molecule has 0 aliphatic heterocycles. The molecule has 1 aliphatic carbocycles. The first kappa shape index (κ1) is 21.4. The molecule has 0 bridgehead atoms. The minimum absolute atomic E-state index is 0.145. The molecule has 0 spiro atoms. The van der Waals surface area contributed by atoms with Crippen LogP contribution in [-0.2, 0) is 4.79 Å². The number of rotatable bonds is 6. The SMILES string of the molecule is Cc1cc(C)c(N(C(=O)c2ccco2)[C@@H](C(=O)NC2CCCC2)c2cccs2)c(C)c1. The van der Waals surface area contributed by atoms with Gasteiger partial charge >= 0.3 is 0 Å². The maximum Gasteiger partial charge on any atom is 0.295 e. The Balaban J connectivity index is 1.84. The predicted octanol–water partition coefficient (Wildman–Crippen LogP) is 5.71. The van der Waals surface area contributed by atoms with Gasteiger partial charge in [0.05, 0.1) is 12.0 Å². The minimum Gasteiger partial charge on any atom is -0.459 e. The average molecular weight is 437 g/mol. The lowest BCUT2D eigenvalue weighted by atomic mass is 10.0. The van der Waals surface area contributed by atoms with Gasteiger partial charge in [-0.05, 0) is 68.3 Å². The summed E-state index contributed by atoms with van der Waals surface area (Å²) in [6.07, 6.45) is 5.70. The van der Waals surface area contributed by atoms with Crippen LogP contribution >= 0.6 is 11.3 Å². The van der Waals surface area contributed by atoms with Crippen LogP contribution in [0.1, 0.15) is 63.8 Å². The molecule has 0 saturated heterocycles. The van der Waals surface area contributed by atoms with Crippen molar-refractivity contribution in [3.63, 3.8) is 0 Å². The topological polar surface area (TPSA) is 62.6 Å². The predicted molar refractivity (Wildman–Crippen MR) is 124 cm³/mol. The number of hydrogen-bond donors (Lipinski definition) is 1. The fraction of sp³-hybridized carbons (Fsp3) is 0.360. The molecular formula is C25H28N2O3S.